The Hall–Kier alpha value is -2.12. The predicted molar refractivity (Wildman–Crippen MR) is 114 cm³/mol. The van der Waals surface area contributed by atoms with Crippen molar-refractivity contribution in [3.8, 4) is 0 Å². The molecule has 0 fully saturated rings. The minimum absolute atomic E-state index is 0.151. The van der Waals surface area contributed by atoms with Crippen LogP contribution in [0.4, 0.5) is 10.6 Å². The van der Waals surface area contributed by atoms with Crippen molar-refractivity contribution in [3.05, 3.63) is 68.5 Å². The number of thiophene rings is 1. The Kier molecular flexibility index (Phi) is 6.34. The number of hydrogen-bond donors (Lipinski definition) is 1. The number of hydrogen-bond acceptors (Lipinski definition) is 3. The molecule has 2 heterocycles. The van der Waals surface area contributed by atoms with Crippen molar-refractivity contribution in [1.29, 1.82) is 0 Å². The summed E-state index contributed by atoms with van der Waals surface area (Å²) in [6.07, 6.45) is 0. The number of nitrogens with zero attached hydrogens (tertiary/aromatic N) is 3. The zero-order chi connectivity index (χ0) is 19.4. The Morgan fingerprint density at radius 2 is 2.00 bits per heavy atom. The summed E-state index contributed by atoms with van der Waals surface area (Å²) in [5.74, 6) is 1.00. The van der Waals surface area contributed by atoms with Gasteiger partial charge in [-0.05, 0) is 44.4 Å². The highest BCUT2D eigenvalue weighted by Crippen LogP contribution is 2.22. The number of carbonyl (C=O) groups is 1. The van der Waals surface area contributed by atoms with Gasteiger partial charge in [-0.1, -0.05) is 44.2 Å². The van der Waals surface area contributed by atoms with Crippen molar-refractivity contribution >= 4 is 39.1 Å². The molecule has 0 atom stereocenters. The number of nitrogens with one attached hydrogen (secondary N) is 1. The standard InChI is InChI=1S/C20H23BrN4OS/c1-14(2)17-10-19(25(23-17)12-15-7-5-4-6-8-15)22-20(26)24(3)11-16-9-18(21)27-13-16/h4-10,13-14H,11-12H2,1-3H3,(H,22,26). The van der Waals surface area contributed by atoms with Crippen molar-refractivity contribution in [3.63, 3.8) is 0 Å². The summed E-state index contributed by atoms with van der Waals surface area (Å²) in [5, 5.41) is 9.74. The molecule has 0 saturated carbocycles. The molecule has 3 rings (SSSR count). The summed E-state index contributed by atoms with van der Waals surface area (Å²) in [6, 6.07) is 14.0. The lowest BCUT2D eigenvalue weighted by atomic mass is 10.1. The highest BCUT2D eigenvalue weighted by Gasteiger charge is 2.16. The molecule has 0 bridgehead atoms. The van der Waals surface area contributed by atoms with E-state index >= 15 is 0 Å². The van der Waals surface area contributed by atoms with Crippen molar-refractivity contribution in [1.82, 2.24) is 14.7 Å². The Morgan fingerprint density at radius 3 is 2.63 bits per heavy atom. The van der Waals surface area contributed by atoms with Gasteiger partial charge in [-0.15, -0.1) is 11.3 Å². The SMILES string of the molecule is CC(C)c1cc(NC(=O)N(C)Cc2csc(Br)c2)n(Cc2ccccc2)n1. The molecule has 0 saturated heterocycles. The normalized spacial score (nSPS) is 11.0. The fourth-order valence-electron chi connectivity index (χ4n) is 2.68. The number of benzene rings is 1. The van der Waals surface area contributed by atoms with Crippen LogP contribution in [0.2, 0.25) is 0 Å². The highest BCUT2D eigenvalue weighted by atomic mass is 79.9. The molecule has 27 heavy (non-hydrogen) atoms. The van der Waals surface area contributed by atoms with Gasteiger partial charge in [-0.25, -0.2) is 9.48 Å². The maximum Gasteiger partial charge on any atom is 0.323 e. The van der Waals surface area contributed by atoms with Crippen LogP contribution in [-0.2, 0) is 13.1 Å². The lowest BCUT2D eigenvalue weighted by molar-refractivity contribution is 0.220. The number of urea groups is 1. The average molecular weight is 447 g/mol. The first-order valence-electron chi connectivity index (χ1n) is 8.79. The second kappa shape index (κ2) is 8.71. The van der Waals surface area contributed by atoms with E-state index in [0.29, 0.717) is 24.8 Å². The summed E-state index contributed by atoms with van der Waals surface area (Å²) < 4.78 is 2.92. The third-order valence-electron chi connectivity index (χ3n) is 4.19. The molecule has 1 aromatic carbocycles. The molecule has 5 nitrogen and oxygen atoms in total. The van der Waals surface area contributed by atoms with E-state index in [1.165, 1.54) is 0 Å². The molecule has 0 aliphatic heterocycles. The molecular formula is C20H23BrN4OS. The van der Waals surface area contributed by atoms with Crippen molar-refractivity contribution < 1.29 is 4.79 Å². The van der Waals surface area contributed by atoms with E-state index in [4.69, 9.17) is 0 Å². The van der Waals surface area contributed by atoms with Crippen molar-refractivity contribution in [2.45, 2.75) is 32.9 Å². The monoisotopic (exact) mass is 446 g/mol. The molecular weight excluding hydrogens is 424 g/mol. The quantitative estimate of drug-likeness (QED) is 0.539. The van der Waals surface area contributed by atoms with E-state index in [-0.39, 0.29) is 6.03 Å². The third kappa shape index (κ3) is 5.20. The van der Waals surface area contributed by atoms with Gasteiger partial charge in [-0.3, -0.25) is 5.32 Å². The van der Waals surface area contributed by atoms with Crippen LogP contribution in [0, 0.1) is 0 Å². The molecule has 2 amide bonds. The Bertz CT molecular complexity index is 904. The van der Waals surface area contributed by atoms with Gasteiger partial charge in [0.05, 0.1) is 16.0 Å². The van der Waals surface area contributed by atoms with Crippen LogP contribution in [0.25, 0.3) is 0 Å². The molecule has 142 valence electrons. The van der Waals surface area contributed by atoms with Crippen LogP contribution in [0.15, 0.2) is 51.6 Å². The second-order valence-corrected chi connectivity index (χ2v) is 9.09. The molecule has 0 spiro atoms. The smallest absolute Gasteiger partial charge is 0.323 e. The number of rotatable bonds is 6. The highest BCUT2D eigenvalue weighted by molar-refractivity contribution is 9.11. The van der Waals surface area contributed by atoms with Crippen LogP contribution in [-0.4, -0.2) is 27.8 Å². The molecule has 1 N–H and O–H groups in total. The van der Waals surface area contributed by atoms with E-state index in [1.807, 2.05) is 40.4 Å². The van der Waals surface area contributed by atoms with Gasteiger partial charge < -0.3 is 4.90 Å². The fraction of sp³-hybridized carbons (Fsp3) is 0.300. The lowest BCUT2D eigenvalue weighted by Crippen LogP contribution is -2.31. The van der Waals surface area contributed by atoms with Crippen LogP contribution in [0.3, 0.4) is 0 Å². The maximum absolute atomic E-state index is 12.7. The lowest BCUT2D eigenvalue weighted by Gasteiger charge is -2.18. The first-order chi connectivity index (χ1) is 12.9. The van der Waals surface area contributed by atoms with Gasteiger partial charge in [0, 0.05) is 19.7 Å². The molecule has 7 heteroatoms. The molecule has 0 radical (unpaired) electrons. The van der Waals surface area contributed by atoms with Crippen molar-refractivity contribution in [2.24, 2.45) is 0 Å². The number of carbonyl (C=O) groups excluding carboxylic acids is 1. The van der Waals surface area contributed by atoms with Crippen LogP contribution < -0.4 is 5.32 Å². The zero-order valence-corrected chi connectivity index (χ0v) is 18.0. The number of anilines is 1. The van der Waals surface area contributed by atoms with Gasteiger partial charge in [0.25, 0.3) is 0 Å². The third-order valence-corrected chi connectivity index (χ3v) is 5.74. The fourth-order valence-corrected chi connectivity index (χ4v) is 3.88. The largest absolute Gasteiger partial charge is 0.323 e. The minimum Gasteiger partial charge on any atom is -0.323 e. The number of aromatic nitrogens is 2. The maximum atomic E-state index is 12.7. The second-order valence-electron chi connectivity index (χ2n) is 6.80. The topological polar surface area (TPSA) is 50.2 Å². The van der Waals surface area contributed by atoms with Gasteiger partial charge in [0.1, 0.15) is 5.82 Å². The van der Waals surface area contributed by atoms with Crippen LogP contribution in [0.1, 0.15) is 36.6 Å². The van der Waals surface area contributed by atoms with E-state index in [1.54, 1.807) is 23.3 Å². The van der Waals surface area contributed by atoms with Gasteiger partial charge in [-0.2, -0.15) is 5.10 Å². The summed E-state index contributed by atoms with van der Waals surface area (Å²) in [4.78, 5) is 14.3. The van der Waals surface area contributed by atoms with Gasteiger partial charge >= 0.3 is 6.03 Å². The minimum atomic E-state index is -0.151. The summed E-state index contributed by atoms with van der Waals surface area (Å²) in [6.45, 7) is 5.37. The molecule has 0 aliphatic carbocycles. The van der Waals surface area contributed by atoms with Gasteiger partial charge in [0.15, 0.2) is 0 Å². The number of amides is 2. The first kappa shape index (κ1) is 19.6. The average Bonchev–Trinajstić information content (AvgIpc) is 3.22. The van der Waals surface area contributed by atoms with E-state index in [9.17, 15) is 4.79 Å². The molecule has 0 unspecified atom stereocenters. The van der Waals surface area contributed by atoms with Crippen molar-refractivity contribution in [2.75, 3.05) is 12.4 Å². The van der Waals surface area contributed by atoms with E-state index in [2.05, 4.69) is 52.3 Å². The van der Waals surface area contributed by atoms with E-state index < -0.39 is 0 Å². The van der Waals surface area contributed by atoms with Crippen LogP contribution in [0.5, 0.6) is 0 Å². The van der Waals surface area contributed by atoms with Gasteiger partial charge in [0.2, 0.25) is 0 Å². The predicted octanol–water partition coefficient (Wildman–Crippen LogP) is 5.54. The van der Waals surface area contributed by atoms with E-state index in [0.717, 1.165) is 20.6 Å². The zero-order valence-electron chi connectivity index (χ0n) is 15.6. The summed E-state index contributed by atoms with van der Waals surface area (Å²) in [5.41, 5.74) is 3.21. The summed E-state index contributed by atoms with van der Waals surface area (Å²) >= 11 is 5.07. The first-order valence-corrected chi connectivity index (χ1v) is 10.5. The Balaban J connectivity index is 1.75. The number of halogens is 1. The van der Waals surface area contributed by atoms with Crippen LogP contribution >= 0.6 is 27.3 Å². The molecule has 3 aromatic rings. The summed E-state index contributed by atoms with van der Waals surface area (Å²) in [7, 11) is 1.79. The Morgan fingerprint density at radius 1 is 1.26 bits per heavy atom. The Labute approximate surface area is 172 Å². The molecule has 0 aliphatic rings. The molecule has 2 aromatic heterocycles.